The van der Waals surface area contributed by atoms with Gasteiger partial charge in [0.05, 0.1) is 0 Å². The molecule has 3 rings (SSSR count). The Labute approximate surface area is 305 Å². The van der Waals surface area contributed by atoms with Crippen LogP contribution in [0.4, 0.5) is 17.6 Å². The number of rotatable bonds is 13. The van der Waals surface area contributed by atoms with Gasteiger partial charge in [0, 0.05) is 0 Å². The molecule has 0 atom stereocenters. The topological polar surface area (TPSA) is 71.4 Å². The molecule has 0 heterocycles. The van der Waals surface area contributed by atoms with Crippen molar-refractivity contribution < 1.29 is 17.6 Å². The van der Waals surface area contributed by atoms with Gasteiger partial charge in [0.2, 0.25) is 0 Å². The second-order valence-corrected chi connectivity index (χ2v) is 55.3. The van der Waals surface area contributed by atoms with E-state index in [1.165, 1.54) is 55.4 Å². The van der Waals surface area contributed by atoms with Gasteiger partial charge in [-0.1, -0.05) is 0 Å². The quantitative estimate of drug-likeness (QED) is 0.0741. The number of halogens is 4. The van der Waals surface area contributed by atoms with Gasteiger partial charge in [0.25, 0.3) is 0 Å². The van der Waals surface area contributed by atoms with E-state index >= 15 is 0 Å². The van der Waals surface area contributed by atoms with Crippen LogP contribution in [0, 0.1) is 57.3 Å². The molecular formula is C39H53F4N3Sn3. The normalized spacial score (nSPS) is 11.2. The summed E-state index contributed by atoms with van der Waals surface area (Å²) in [5, 5.41) is 26.4. The van der Waals surface area contributed by atoms with Crippen molar-refractivity contribution in [2.75, 3.05) is 0 Å². The van der Waals surface area contributed by atoms with Crippen molar-refractivity contribution in [3.63, 3.8) is 0 Å². The van der Waals surface area contributed by atoms with Crippen molar-refractivity contribution in [1.29, 1.82) is 15.8 Å². The standard InChI is InChI=1S/2C7H4N.C6HF4.3C4H9.C2H2N.5CH3.3Sn/c2*8-6-7-4-2-1-3-5-7;7-3-1-2-4(8)6(10)5(3)9;3*1-3-4-2;1-2-3;;;;;;;;/h2-5H;1-2,4-5H;1H;3*1,3-4H2,2H3;1H2;5*1H3;;;. The number of hydrogen-bond donors (Lipinski definition) is 0. The number of unbranched alkanes of at least 4 members (excludes halogenated alkanes) is 3. The molecule has 0 bridgehead atoms. The van der Waals surface area contributed by atoms with E-state index in [-0.39, 0.29) is 8.02 Å². The van der Waals surface area contributed by atoms with E-state index in [0.29, 0.717) is 6.07 Å². The second kappa shape index (κ2) is 22.2. The molecule has 0 saturated carbocycles. The van der Waals surface area contributed by atoms with E-state index in [1.54, 1.807) is 13.5 Å². The Kier molecular flexibility index (Phi) is 20.5. The van der Waals surface area contributed by atoms with Crippen LogP contribution >= 0.6 is 0 Å². The van der Waals surface area contributed by atoms with Gasteiger partial charge in [0.1, 0.15) is 0 Å². The SMILES string of the molecule is CCC[CH2][Sn]([CH2]CCC)([CH2]CCC)[c]1cccc(C#N)c1.[CH3][Sn]([CH3])([CH2]C#N)[c]1cc(F)c(F)c(F)c1F.[CH3][Sn]([CH3])([CH3])[c]1ccc(C#N)cc1. The molecule has 0 amide bonds. The van der Waals surface area contributed by atoms with Crippen LogP contribution in [0.2, 0.25) is 42.4 Å². The molecule has 0 fully saturated rings. The summed E-state index contributed by atoms with van der Waals surface area (Å²) in [6.45, 7) is 6.92. The molecule has 49 heavy (non-hydrogen) atoms. The third-order valence-corrected chi connectivity index (χ3v) is 38.5. The number of nitrogens with zero attached hydrogens (tertiary/aromatic N) is 3. The first kappa shape index (κ1) is 45.3. The summed E-state index contributed by atoms with van der Waals surface area (Å²) >= 11 is -7.55. The van der Waals surface area contributed by atoms with Crippen LogP contribution < -0.4 is 10.7 Å². The second-order valence-electron chi connectivity index (χ2n) is 14.3. The minimum atomic E-state index is -3.37. The predicted octanol–water partition coefficient (Wildman–Crippen LogP) is 10.4. The molecule has 0 N–H and O–H groups in total. The van der Waals surface area contributed by atoms with E-state index < -0.39 is 78.4 Å². The van der Waals surface area contributed by atoms with Gasteiger partial charge < -0.3 is 0 Å². The van der Waals surface area contributed by atoms with Crippen molar-refractivity contribution in [2.45, 2.75) is 102 Å². The number of nitriles is 3. The molecule has 0 aliphatic carbocycles. The maximum atomic E-state index is 13.4. The first-order valence-electron chi connectivity index (χ1n) is 17.3. The van der Waals surface area contributed by atoms with Gasteiger partial charge in [-0.2, -0.15) is 0 Å². The summed E-state index contributed by atoms with van der Waals surface area (Å²) in [4.78, 5) is 10.4. The molecule has 0 unspecified atom stereocenters. The third-order valence-electron chi connectivity index (χ3n) is 8.86. The molecule has 0 spiro atoms. The first-order valence-corrected chi connectivity index (χ1v) is 43.9. The molecule has 264 valence electrons. The molecule has 3 nitrogen and oxygen atoms in total. The molecular weight excluding hydrogens is 943 g/mol. The molecule has 3 aromatic rings. The predicted molar refractivity (Wildman–Crippen MR) is 204 cm³/mol. The average Bonchev–Trinajstić information content (AvgIpc) is 3.09. The van der Waals surface area contributed by atoms with Crippen LogP contribution in [-0.2, 0) is 0 Å². The van der Waals surface area contributed by atoms with Crippen LogP contribution in [0.25, 0.3) is 0 Å². The van der Waals surface area contributed by atoms with Crippen LogP contribution in [0.5, 0.6) is 0 Å². The summed E-state index contributed by atoms with van der Waals surface area (Å²) in [7, 11) is 0. The summed E-state index contributed by atoms with van der Waals surface area (Å²) in [6, 6.07) is 23.7. The van der Waals surface area contributed by atoms with Crippen molar-refractivity contribution in [1.82, 2.24) is 0 Å². The summed E-state index contributed by atoms with van der Waals surface area (Å²) in [6.07, 6.45) is 8.03. The Morgan fingerprint density at radius 3 is 1.53 bits per heavy atom. The van der Waals surface area contributed by atoms with Crippen molar-refractivity contribution >= 4 is 65.9 Å². The fraction of sp³-hybridized carbons (Fsp3) is 0.462. The van der Waals surface area contributed by atoms with Gasteiger partial charge in [-0.3, -0.25) is 0 Å². The van der Waals surface area contributed by atoms with Gasteiger partial charge in [-0.05, 0) is 0 Å². The zero-order valence-electron chi connectivity index (χ0n) is 30.6. The van der Waals surface area contributed by atoms with Crippen molar-refractivity contribution in [3.05, 3.63) is 89.0 Å². The minimum absolute atomic E-state index is 0.0795. The Hall–Kier alpha value is -1.75. The zero-order chi connectivity index (χ0) is 37.3. The van der Waals surface area contributed by atoms with Crippen molar-refractivity contribution in [2.24, 2.45) is 0 Å². The number of benzene rings is 3. The molecule has 0 aliphatic rings. The molecule has 3 aromatic carbocycles. The van der Waals surface area contributed by atoms with Crippen LogP contribution in [0.1, 0.15) is 70.4 Å². The van der Waals surface area contributed by atoms with Crippen molar-refractivity contribution in [3.8, 4) is 18.2 Å². The number of hydrogen-bond acceptors (Lipinski definition) is 3. The third kappa shape index (κ3) is 14.4. The van der Waals surface area contributed by atoms with Crippen LogP contribution in [-0.4, -0.2) is 55.1 Å². The maximum absolute atomic E-state index is 13.4. The van der Waals surface area contributed by atoms with Gasteiger partial charge in [-0.25, -0.2) is 0 Å². The summed E-state index contributed by atoms with van der Waals surface area (Å²) in [5.74, 6) is -6.36. The van der Waals surface area contributed by atoms with Crippen LogP contribution in [0.15, 0.2) is 54.6 Å². The zero-order valence-corrected chi connectivity index (χ0v) is 39.2. The Balaban J connectivity index is 0.000000382. The van der Waals surface area contributed by atoms with E-state index in [9.17, 15) is 22.8 Å². The summed E-state index contributed by atoms with van der Waals surface area (Å²) < 4.78 is 59.5. The van der Waals surface area contributed by atoms with E-state index in [0.717, 1.165) is 11.1 Å². The fourth-order valence-electron chi connectivity index (χ4n) is 5.68. The molecule has 0 aliphatic heterocycles. The Bertz CT molecular complexity index is 1580. The van der Waals surface area contributed by atoms with Gasteiger partial charge in [0.15, 0.2) is 0 Å². The Morgan fingerprint density at radius 2 is 1.10 bits per heavy atom. The van der Waals surface area contributed by atoms with E-state index in [2.05, 4.69) is 78.1 Å². The van der Waals surface area contributed by atoms with E-state index in [4.69, 9.17) is 10.5 Å². The van der Waals surface area contributed by atoms with Crippen LogP contribution in [0.3, 0.4) is 0 Å². The first-order chi connectivity index (χ1) is 23.1. The summed E-state index contributed by atoms with van der Waals surface area (Å²) in [5.41, 5.74) is 1.62. The monoisotopic (exact) mass is 999 g/mol. The molecule has 0 aromatic heterocycles. The van der Waals surface area contributed by atoms with Gasteiger partial charge in [-0.15, -0.1) is 0 Å². The average molecular weight is 996 g/mol. The molecule has 0 saturated heterocycles. The molecule has 10 heteroatoms. The van der Waals surface area contributed by atoms with E-state index in [1.807, 2.05) is 24.3 Å². The fourth-order valence-corrected chi connectivity index (χ4v) is 30.2. The Morgan fingerprint density at radius 1 is 0.592 bits per heavy atom. The van der Waals surface area contributed by atoms with Gasteiger partial charge >= 0.3 is 308 Å². The molecule has 0 radical (unpaired) electrons.